The number of nitrogens with zero attached hydrogens (tertiary/aromatic N) is 3. The van der Waals surface area contributed by atoms with Crippen LogP contribution in [-0.2, 0) is 13.5 Å². The molecule has 4 aromatic rings. The molecule has 0 fully saturated rings. The van der Waals surface area contributed by atoms with Gasteiger partial charge in [0.2, 0.25) is 0 Å². The number of hydrogen-bond donors (Lipinski definition) is 1. The highest BCUT2D eigenvalue weighted by atomic mass is 15.2. The zero-order chi connectivity index (χ0) is 19.1. The number of aromatic nitrogens is 3. The molecule has 136 valence electrons. The van der Waals surface area contributed by atoms with Crippen LogP contribution in [0.3, 0.4) is 0 Å². The molecule has 0 atom stereocenters. The Morgan fingerprint density at radius 1 is 1.04 bits per heavy atom. The molecule has 4 heteroatoms. The van der Waals surface area contributed by atoms with Gasteiger partial charge in [0.25, 0.3) is 0 Å². The third-order valence-electron chi connectivity index (χ3n) is 5.17. The fourth-order valence-corrected chi connectivity index (χ4v) is 3.63. The Balaban J connectivity index is 1.43. The molecule has 0 radical (unpaired) electrons. The Morgan fingerprint density at radius 3 is 2.82 bits per heavy atom. The molecule has 0 spiro atoms. The molecular formula is C24H20N4. The lowest BCUT2D eigenvalue weighted by atomic mass is 10.0. The van der Waals surface area contributed by atoms with Crippen LogP contribution in [0.15, 0.2) is 73.7 Å². The Labute approximate surface area is 163 Å². The van der Waals surface area contributed by atoms with Gasteiger partial charge in [-0.15, -0.1) is 0 Å². The summed E-state index contributed by atoms with van der Waals surface area (Å²) in [6.45, 7) is 4.21. The van der Waals surface area contributed by atoms with Crippen LogP contribution in [0.25, 0.3) is 33.7 Å². The molecule has 28 heavy (non-hydrogen) atoms. The van der Waals surface area contributed by atoms with Crippen molar-refractivity contribution in [1.82, 2.24) is 14.8 Å². The van der Waals surface area contributed by atoms with Gasteiger partial charge in [0.05, 0.1) is 6.20 Å². The summed E-state index contributed by atoms with van der Waals surface area (Å²) in [5, 5.41) is 9.86. The summed E-state index contributed by atoms with van der Waals surface area (Å²) >= 11 is 0. The van der Waals surface area contributed by atoms with Crippen molar-refractivity contribution in [2.24, 2.45) is 7.05 Å². The number of anilines is 1. The number of nitrogens with one attached hydrogen (secondary N) is 1. The van der Waals surface area contributed by atoms with Gasteiger partial charge in [-0.1, -0.05) is 43.0 Å². The average molecular weight is 364 g/mol. The molecule has 0 bridgehead atoms. The predicted octanol–water partition coefficient (Wildman–Crippen LogP) is 5.29. The van der Waals surface area contributed by atoms with Gasteiger partial charge < -0.3 is 5.32 Å². The second kappa shape index (κ2) is 6.50. The lowest BCUT2D eigenvalue weighted by molar-refractivity contribution is 0.768. The molecule has 2 aromatic heterocycles. The summed E-state index contributed by atoms with van der Waals surface area (Å²) in [4.78, 5) is 4.55. The molecule has 1 aliphatic carbocycles. The number of aryl methyl sites for hydroxylation is 1. The number of rotatable bonds is 4. The molecule has 4 nitrogen and oxygen atoms in total. The standard InChI is InChI=1S/C24H20N4/c1-16(18-7-6-17-4-3-5-19(17)10-18)27-24-12-22-11-20(8-9-21(22)13-25-24)23-14-26-28(2)15-23/h3-4,6-15H,1,5H2,2H3,(H,25,27). The van der Waals surface area contributed by atoms with Gasteiger partial charge >= 0.3 is 0 Å². The molecule has 5 rings (SSSR count). The molecule has 0 aliphatic heterocycles. The van der Waals surface area contributed by atoms with Crippen LogP contribution < -0.4 is 5.32 Å². The minimum Gasteiger partial charge on any atom is -0.340 e. The van der Waals surface area contributed by atoms with Crippen molar-refractivity contribution in [3.05, 3.63) is 90.4 Å². The van der Waals surface area contributed by atoms with Crippen LogP contribution in [0.5, 0.6) is 0 Å². The van der Waals surface area contributed by atoms with E-state index in [0.29, 0.717) is 0 Å². The van der Waals surface area contributed by atoms with Crippen LogP contribution in [0, 0.1) is 0 Å². The van der Waals surface area contributed by atoms with Gasteiger partial charge in [-0.25, -0.2) is 4.98 Å². The highest BCUT2D eigenvalue weighted by Gasteiger charge is 2.09. The maximum atomic E-state index is 4.55. The summed E-state index contributed by atoms with van der Waals surface area (Å²) in [5.74, 6) is 0.791. The number of benzene rings is 2. The predicted molar refractivity (Wildman–Crippen MR) is 116 cm³/mol. The minimum atomic E-state index is 0.791. The van der Waals surface area contributed by atoms with E-state index in [-0.39, 0.29) is 0 Å². The Morgan fingerprint density at radius 2 is 1.96 bits per heavy atom. The van der Waals surface area contributed by atoms with E-state index in [1.807, 2.05) is 30.3 Å². The van der Waals surface area contributed by atoms with E-state index in [0.717, 1.165) is 45.4 Å². The number of pyridine rings is 1. The third kappa shape index (κ3) is 2.99. The smallest absolute Gasteiger partial charge is 0.130 e. The molecule has 0 unspecified atom stereocenters. The van der Waals surface area contributed by atoms with Crippen molar-refractivity contribution < 1.29 is 0 Å². The van der Waals surface area contributed by atoms with E-state index >= 15 is 0 Å². The Bertz CT molecular complexity index is 1250. The summed E-state index contributed by atoms with van der Waals surface area (Å²) < 4.78 is 1.81. The van der Waals surface area contributed by atoms with Crippen molar-refractivity contribution in [1.29, 1.82) is 0 Å². The second-order valence-electron chi connectivity index (χ2n) is 7.16. The normalized spacial score (nSPS) is 12.3. The molecule has 1 N–H and O–H groups in total. The highest BCUT2D eigenvalue weighted by Crippen LogP contribution is 2.27. The molecule has 0 saturated carbocycles. The highest BCUT2D eigenvalue weighted by molar-refractivity contribution is 5.89. The van der Waals surface area contributed by atoms with Crippen LogP contribution in [0.1, 0.15) is 16.7 Å². The van der Waals surface area contributed by atoms with Crippen LogP contribution in [0.2, 0.25) is 0 Å². The molecule has 1 aliphatic rings. The Hall–Kier alpha value is -3.66. The van der Waals surface area contributed by atoms with Gasteiger partial charge in [0, 0.05) is 36.1 Å². The maximum Gasteiger partial charge on any atom is 0.130 e. The van der Waals surface area contributed by atoms with E-state index in [4.69, 9.17) is 0 Å². The van der Waals surface area contributed by atoms with Crippen molar-refractivity contribution in [2.45, 2.75) is 6.42 Å². The zero-order valence-corrected chi connectivity index (χ0v) is 15.7. The van der Waals surface area contributed by atoms with E-state index < -0.39 is 0 Å². The van der Waals surface area contributed by atoms with Gasteiger partial charge in [0.15, 0.2) is 0 Å². The Kier molecular flexibility index (Phi) is 3.83. The third-order valence-corrected chi connectivity index (χ3v) is 5.17. The lowest BCUT2D eigenvalue weighted by Gasteiger charge is -2.12. The zero-order valence-electron chi connectivity index (χ0n) is 15.7. The minimum absolute atomic E-state index is 0.791. The quantitative estimate of drug-likeness (QED) is 0.535. The van der Waals surface area contributed by atoms with Gasteiger partial charge in [-0.05, 0) is 52.3 Å². The first-order valence-corrected chi connectivity index (χ1v) is 9.30. The molecule has 2 heterocycles. The molecular weight excluding hydrogens is 344 g/mol. The summed E-state index contributed by atoms with van der Waals surface area (Å²) in [6.07, 6.45) is 11.1. The number of allylic oxidation sites excluding steroid dienone is 1. The molecule has 0 saturated heterocycles. The van der Waals surface area contributed by atoms with Gasteiger partial charge in [-0.2, -0.15) is 5.10 Å². The monoisotopic (exact) mass is 364 g/mol. The fourth-order valence-electron chi connectivity index (χ4n) is 3.63. The summed E-state index contributed by atoms with van der Waals surface area (Å²) in [5.41, 5.74) is 6.82. The maximum absolute atomic E-state index is 4.55. The number of fused-ring (bicyclic) bond motifs is 2. The van der Waals surface area contributed by atoms with Crippen molar-refractivity contribution >= 4 is 28.4 Å². The summed E-state index contributed by atoms with van der Waals surface area (Å²) in [6, 6.07) is 14.9. The first kappa shape index (κ1) is 16.5. The van der Waals surface area contributed by atoms with Gasteiger partial charge in [-0.3, -0.25) is 4.68 Å². The van der Waals surface area contributed by atoms with Crippen molar-refractivity contribution in [3.63, 3.8) is 0 Å². The first-order chi connectivity index (χ1) is 13.7. The molecule has 2 aromatic carbocycles. The van der Waals surface area contributed by atoms with Crippen molar-refractivity contribution in [3.8, 4) is 11.1 Å². The fraction of sp³-hybridized carbons (Fsp3) is 0.0833. The molecule has 0 amide bonds. The van der Waals surface area contributed by atoms with E-state index in [9.17, 15) is 0 Å². The second-order valence-corrected chi connectivity index (χ2v) is 7.16. The van der Waals surface area contributed by atoms with Crippen LogP contribution >= 0.6 is 0 Å². The topological polar surface area (TPSA) is 42.7 Å². The van der Waals surface area contributed by atoms with E-state index in [1.54, 1.807) is 0 Å². The van der Waals surface area contributed by atoms with E-state index in [2.05, 4.69) is 76.6 Å². The SMILES string of the molecule is C=C(Nc1cc2cc(-c3cnn(C)c3)ccc2cn1)c1ccc2c(c1)CC=C2. The largest absolute Gasteiger partial charge is 0.340 e. The van der Waals surface area contributed by atoms with Crippen LogP contribution in [0.4, 0.5) is 5.82 Å². The number of hydrogen-bond acceptors (Lipinski definition) is 3. The van der Waals surface area contributed by atoms with Crippen LogP contribution in [-0.4, -0.2) is 14.8 Å². The van der Waals surface area contributed by atoms with E-state index in [1.165, 1.54) is 11.1 Å². The average Bonchev–Trinajstić information content (AvgIpc) is 3.35. The summed E-state index contributed by atoms with van der Waals surface area (Å²) in [7, 11) is 1.93. The van der Waals surface area contributed by atoms with Crippen molar-refractivity contribution in [2.75, 3.05) is 5.32 Å². The lowest BCUT2D eigenvalue weighted by Crippen LogP contribution is -2.00. The van der Waals surface area contributed by atoms with Gasteiger partial charge in [0.1, 0.15) is 5.82 Å². The first-order valence-electron chi connectivity index (χ1n) is 9.30.